The van der Waals surface area contributed by atoms with Crippen molar-refractivity contribution in [1.82, 2.24) is 34.1 Å². The Morgan fingerprint density at radius 1 is 1.02 bits per heavy atom. The Bertz CT molecular complexity index is 2480. The summed E-state index contributed by atoms with van der Waals surface area (Å²) in [5.41, 5.74) is 1.83. The second kappa shape index (κ2) is 15.0. The number of hydrogen-bond acceptors (Lipinski definition) is 8. The zero-order valence-corrected chi connectivity index (χ0v) is 32.9. The van der Waals surface area contributed by atoms with Crippen molar-refractivity contribution in [3.63, 3.8) is 0 Å². The van der Waals surface area contributed by atoms with Crippen molar-refractivity contribution < 1.29 is 32.3 Å². The molecule has 8 rings (SSSR count). The summed E-state index contributed by atoms with van der Waals surface area (Å²) in [5, 5.41) is 10.7. The molecular weight excluding hydrogens is 754 g/mol. The third kappa shape index (κ3) is 7.38. The van der Waals surface area contributed by atoms with Crippen molar-refractivity contribution in [3.05, 3.63) is 82.2 Å². The van der Waals surface area contributed by atoms with Crippen LogP contribution in [0.3, 0.4) is 0 Å². The van der Waals surface area contributed by atoms with E-state index in [2.05, 4.69) is 40.4 Å². The standard InChI is InChI=1S/C42H47F3N8O5/c1-41(2)21-25(28-7-5-9-32-37(28)50(3)40(57)53(32)33-15-16-36(54)48-39(33)56)17-18-51(41)22-24-11-13-27(14-12-24)52-23-26-19-31(34(58-4)20-30(26)49-52)47-38(55)29-8-6-10-35(46-29)42(43,44)45/h5-10,19-20,23-25,27,33H,11-18,21-22H2,1-4H3,(H,47,55)(H,48,54,56)/t24?,25-,27?,33?/m0/s1. The molecule has 306 valence electrons. The molecule has 3 amide bonds. The molecule has 5 aromatic rings. The first kappa shape index (κ1) is 39.3. The molecule has 1 saturated carbocycles. The van der Waals surface area contributed by atoms with E-state index in [0.717, 1.165) is 85.7 Å². The van der Waals surface area contributed by atoms with Crippen LogP contribution in [0.25, 0.3) is 21.9 Å². The summed E-state index contributed by atoms with van der Waals surface area (Å²) in [6.07, 6.45) is 3.63. The third-order valence-electron chi connectivity index (χ3n) is 12.5. The summed E-state index contributed by atoms with van der Waals surface area (Å²) < 4.78 is 50.3. The Kier molecular flexibility index (Phi) is 10.2. The molecular formula is C42H47F3N8O5. The van der Waals surface area contributed by atoms with Gasteiger partial charge in [-0.1, -0.05) is 18.2 Å². The van der Waals surface area contributed by atoms with Gasteiger partial charge >= 0.3 is 11.9 Å². The van der Waals surface area contributed by atoms with E-state index in [1.807, 2.05) is 23.0 Å². The van der Waals surface area contributed by atoms with E-state index in [-0.39, 0.29) is 41.2 Å². The molecule has 3 fully saturated rings. The lowest BCUT2D eigenvalue weighted by atomic mass is 9.77. The number of pyridine rings is 1. The van der Waals surface area contributed by atoms with Crippen LogP contribution in [0.15, 0.2) is 59.5 Å². The fourth-order valence-electron chi connectivity index (χ4n) is 9.41. The second-order valence-corrected chi connectivity index (χ2v) is 16.6. The number of anilines is 1. The highest BCUT2D eigenvalue weighted by molar-refractivity contribution is 6.05. The first-order chi connectivity index (χ1) is 27.6. The molecule has 3 aliphatic rings. The second-order valence-electron chi connectivity index (χ2n) is 16.6. The number of imide groups is 1. The van der Waals surface area contributed by atoms with Gasteiger partial charge in [-0.2, -0.15) is 18.3 Å². The molecule has 0 radical (unpaired) electrons. The van der Waals surface area contributed by atoms with E-state index in [9.17, 15) is 32.3 Å². The Morgan fingerprint density at radius 3 is 2.48 bits per heavy atom. The molecule has 2 aromatic carbocycles. The first-order valence-corrected chi connectivity index (χ1v) is 19.8. The Balaban J connectivity index is 0.910. The number of para-hydroxylation sites is 1. The highest BCUT2D eigenvalue weighted by atomic mass is 19.4. The SMILES string of the molecule is COc1cc2nn(C3CCC(CN4CC[C@H](c5cccc6c5n(C)c(=O)n6C5CCC(=O)NC5=O)CC4(C)C)CC3)cc2cc1NC(=O)c1cccc(C(F)(F)F)n1. The average Bonchev–Trinajstić information content (AvgIpc) is 3.72. The molecule has 3 aromatic heterocycles. The van der Waals surface area contributed by atoms with Crippen LogP contribution in [0, 0.1) is 5.92 Å². The summed E-state index contributed by atoms with van der Waals surface area (Å²) in [5.74, 6) is -0.447. The van der Waals surface area contributed by atoms with E-state index in [1.54, 1.807) is 28.3 Å². The number of imidazole rings is 1. The van der Waals surface area contributed by atoms with E-state index < -0.39 is 29.7 Å². The number of benzene rings is 2. The molecule has 1 unspecified atom stereocenters. The van der Waals surface area contributed by atoms with Gasteiger partial charge in [-0.25, -0.2) is 9.78 Å². The van der Waals surface area contributed by atoms with Crippen molar-refractivity contribution in [2.45, 2.75) is 94.9 Å². The molecule has 13 nitrogen and oxygen atoms in total. The molecule has 0 spiro atoms. The average molecular weight is 801 g/mol. The summed E-state index contributed by atoms with van der Waals surface area (Å²) in [6.45, 7) is 6.51. The molecule has 58 heavy (non-hydrogen) atoms. The predicted molar refractivity (Wildman–Crippen MR) is 211 cm³/mol. The summed E-state index contributed by atoms with van der Waals surface area (Å²) >= 11 is 0. The van der Waals surface area contributed by atoms with Gasteiger partial charge in [-0.05, 0) is 107 Å². The minimum absolute atomic E-state index is 0.0872. The van der Waals surface area contributed by atoms with Gasteiger partial charge in [-0.3, -0.25) is 38.4 Å². The van der Waals surface area contributed by atoms with Crippen molar-refractivity contribution in [3.8, 4) is 5.75 Å². The topological polar surface area (TPSA) is 145 Å². The molecule has 16 heteroatoms. The maximum Gasteiger partial charge on any atom is 0.433 e. The van der Waals surface area contributed by atoms with E-state index in [1.165, 1.54) is 13.2 Å². The van der Waals surface area contributed by atoms with Gasteiger partial charge in [0.15, 0.2) is 0 Å². The molecule has 2 aliphatic heterocycles. The summed E-state index contributed by atoms with van der Waals surface area (Å²) in [4.78, 5) is 57.2. The monoisotopic (exact) mass is 800 g/mol. The summed E-state index contributed by atoms with van der Waals surface area (Å²) in [7, 11) is 3.22. The number of alkyl halides is 3. The Hall–Kier alpha value is -5.51. The number of nitrogens with zero attached hydrogens (tertiary/aromatic N) is 6. The van der Waals surface area contributed by atoms with E-state index in [0.29, 0.717) is 29.3 Å². The Labute approximate surface area is 332 Å². The smallest absolute Gasteiger partial charge is 0.433 e. The molecule has 2 N–H and O–H groups in total. The van der Waals surface area contributed by atoms with Crippen molar-refractivity contribution in [1.29, 1.82) is 0 Å². The minimum atomic E-state index is -4.67. The maximum absolute atomic E-state index is 13.6. The van der Waals surface area contributed by atoms with Crippen LogP contribution >= 0.6 is 0 Å². The molecule has 2 atom stereocenters. The number of fused-ring (bicyclic) bond motifs is 2. The van der Waals surface area contributed by atoms with Gasteiger partial charge in [0.25, 0.3) is 5.91 Å². The van der Waals surface area contributed by atoms with Gasteiger partial charge in [0, 0.05) is 43.2 Å². The number of halogens is 3. The number of hydrogen-bond donors (Lipinski definition) is 2. The number of aryl methyl sites for hydroxylation is 1. The molecule has 5 heterocycles. The zero-order chi connectivity index (χ0) is 41.1. The number of nitrogens with one attached hydrogen (secondary N) is 2. The quantitative estimate of drug-likeness (QED) is 0.165. The van der Waals surface area contributed by atoms with Gasteiger partial charge in [0.2, 0.25) is 11.8 Å². The first-order valence-electron chi connectivity index (χ1n) is 19.8. The van der Waals surface area contributed by atoms with E-state index >= 15 is 0 Å². The van der Waals surface area contributed by atoms with Crippen LogP contribution in [0.1, 0.15) is 105 Å². The lowest BCUT2D eigenvalue weighted by Gasteiger charge is -2.48. The maximum atomic E-state index is 13.6. The lowest BCUT2D eigenvalue weighted by Crippen LogP contribution is -2.51. The number of likely N-dealkylation sites (tertiary alicyclic amines) is 1. The van der Waals surface area contributed by atoms with Crippen LogP contribution in [0.5, 0.6) is 5.75 Å². The minimum Gasteiger partial charge on any atom is -0.494 e. The highest BCUT2D eigenvalue weighted by Crippen LogP contribution is 2.42. The number of carbonyl (C=O) groups excluding carboxylic acids is 3. The number of rotatable bonds is 8. The van der Waals surface area contributed by atoms with Crippen molar-refractivity contribution in [2.24, 2.45) is 13.0 Å². The van der Waals surface area contributed by atoms with Gasteiger partial charge < -0.3 is 10.1 Å². The molecule has 2 saturated heterocycles. The lowest BCUT2D eigenvalue weighted by molar-refractivity contribution is -0.141. The largest absolute Gasteiger partial charge is 0.494 e. The molecule has 1 aliphatic carbocycles. The fourth-order valence-corrected chi connectivity index (χ4v) is 9.41. The van der Waals surface area contributed by atoms with Gasteiger partial charge in [-0.15, -0.1) is 0 Å². The fraction of sp³-hybridized carbons (Fsp3) is 0.476. The van der Waals surface area contributed by atoms with Crippen LogP contribution in [0.2, 0.25) is 0 Å². The van der Waals surface area contributed by atoms with E-state index in [4.69, 9.17) is 9.84 Å². The number of ether oxygens (including phenoxy) is 1. The number of methoxy groups -OCH3 is 1. The van der Waals surface area contributed by atoms with Gasteiger partial charge in [0.1, 0.15) is 23.2 Å². The highest BCUT2D eigenvalue weighted by Gasteiger charge is 2.39. The number of carbonyl (C=O) groups is 3. The van der Waals surface area contributed by atoms with Crippen LogP contribution < -0.4 is 21.1 Å². The predicted octanol–water partition coefficient (Wildman–Crippen LogP) is 6.73. The van der Waals surface area contributed by atoms with Crippen LogP contribution in [0.4, 0.5) is 18.9 Å². The zero-order valence-electron chi connectivity index (χ0n) is 32.9. The normalized spacial score (nSPS) is 22.9. The van der Waals surface area contributed by atoms with Crippen LogP contribution in [-0.4, -0.2) is 72.3 Å². The molecule has 0 bridgehead atoms. The van der Waals surface area contributed by atoms with Crippen LogP contribution in [-0.2, 0) is 22.8 Å². The number of aromatic nitrogens is 5. The van der Waals surface area contributed by atoms with Crippen molar-refractivity contribution >= 4 is 45.3 Å². The Morgan fingerprint density at radius 2 is 1.78 bits per heavy atom. The number of piperidine rings is 2. The van der Waals surface area contributed by atoms with Crippen molar-refractivity contribution in [2.75, 3.05) is 25.5 Å². The number of amides is 3. The summed E-state index contributed by atoms with van der Waals surface area (Å²) in [6, 6.07) is 12.1. The third-order valence-corrected chi connectivity index (χ3v) is 12.5. The van der Waals surface area contributed by atoms with Gasteiger partial charge in [0.05, 0.1) is 35.4 Å².